The van der Waals surface area contributed by atoms with Crippen LogP contribution in [0.2, 0.25) is 0 Å². The van der Waals surface area contributed by atoms with Gasteiger partial charge >= 0.3 is 0 Å². The van der Waals surface area contributed by atoms with Gasteiger partial charge in [-0.3, -0.25) is 4.90 Å². The van der Waals surface area contributed by atoms with Crippen LogP contribution >= 0.6 is 0 Å². The Morgan fingerprint density at radius 3 is 2.76 bits per heavy atom. The lowest BCUT2D eigenvalue weighted by atomic mass is 9.99. The van der Waals surface area contributed by atoms with E-state index in [1.54, 1.807) is 12.1 Å². The van der Waals surface area contributed by atoms with Crippen LogP contribution in [-0.2, 0) is 4.74 Å². The molecule has 1 aromatic carbocycles. The summed E-state index contributed by atoms with van der Waals surface area (Å²) in [6, 6.07) is 5.27. The van der Waals surface area contributed by atoms with Gasteiger partial charge in [0.05, 0.1) is 25.9 Å². The Kier molecular flexibility index (Phi) is 5.56. The van der Waals surface area contributed by atoms with Crippen LogP contribution in [0.3, 0.4) is 0 Å². The number of hydrogen-bond donors (Lipinski definition) is 1. The van der Waals surface area contributed by atoms with E-state index in [2.05, 4.69) is 24.1 Å². The molecule has 5 heteroatoms. The minimum atomic E-state index is -0.265. The van der Waals surface area contributed by atoms with Gasteiger partial charge in [-0.1, -0.05) is 6.07 Å². The van der Waals surface area contributed by atoms with Crippen LogP contribution < -0.4 is 10.1 Å². The lowest BCUT2D eigenvalue weighted by Gasteiger charge is -2.39. The van der Waals surface area contributed by atoms with E-state index in [-0.39, 0.29) is 18.0 Å². The summed E-state index contributed by atoms with van der Waals surface area (Å²) in [6.07, 6.45) is -0.0611. The molecule has 0 bridgehead atoms. The second kappa shape index (κ2) is 7.20. The predicted octanol–water partition coefficient (Wildman–Crippen LogP) is 2.20. The first-order valence-electron chi connectivity index (χ1n) is 7.43. The number of halogens is 1. The Labute approximate surface area is 126 Å². The number of methoxy groups -OCH3 is 1. The summed E-state index contributed by atoms with van der Waals surface area (Å²) in [5.74, 6) is 0.262. The number of morpholine rings is 1. The maximum atomic E-state index is 14.3. The van der Waals surface area contributed by atoms with Crippen molar-refractivity contribution < 1.29 is 13.9 Å². The number of nitrogens with one attached hydrogen (secondary N) is 1. The van der Waals surface area contributed by atoms with Crippen molar-refractivity contribution in [2.45, 2.75) is 32.0 Å². The number of benzene rings is 1. The van der Waals surface area contributed by atoms with E-state index in [0.717, 1.165) is 13.1 Å². The van der Waals surface area contributed by atoms with E-state index in [0.29, 0.717) is 24.0 Å². The van der Waals surface area contributed by atoms with Crippen LogP contribution in [0.15, 0.2) is 18.2 Å². The number of ether oxygens (including phenoxy) is 2. The summed E-state index contributed by atoms with van der Waals surface area (Å²) < 4.78 is 25.2. The molecule has 4 nitrogen and oxygen atoms in total. The van der Waals surface area contributed by atoms with E-state index >= 15 is 0 Å². The molecule has 0 aromatic heterocycles. The van der Waals surface area contributed by atoms with Crippen LogP contribution in [-0.4, -0.2) is 50.9 Å². The van der Waals surface area contributed by atoms with E-state index in [9.17, 15) is 4.39 Å². The molecule has 1 fully saturated rings. The quantitative estimate of drug-likeness (QED) is 0.903. The van der Waals surface area contributed by atoms with Crippen molar-refractivity contribution in [2.75, 3.05) is 33.9 Å². The van der Waals surface area contributed by atoms with Gasteiger partial charge in [0.1, 0.15) is 11.6 Å². The van der Waals surface area contributed by atoms with Gasteiger partial charge in [0.15, 0.2) is 0 Å². The zero-order valence-corrected chi connectivity index (χ0v) is 13.2. The van der Waals surface area contributed by atoms with Crippen LogP contribution in [0.25, 0.3) is 0 Å². The summed E-state index contributed by atoms with van der Waals surface area (Å²) in [5.41, 5.74) is 0.619. The highest BCUT2D eigenvalue weighted by molar-refractivity contribution is 5.31. The fraction of sp³-hybridized carbons (Fsp3) is 0.625. The highest BCUT2D eigenvalue weighted by atomic mass is 19.1. The molecule has 21 heavy (non-hydrogen) atoms. The molecular formula is C16H25FN2O2. The third-order valence-electron chi connectivity index (χ3n) is 4.08. The fourth-order valence-corrected chi connectivity index (χ4v) is 2.80. The molecule has 2 atom stereocenters. The van der Waals surface area contributed by atoms with Gasteiger partial charge in [0, 0.05) is 30.8 Å². The van der Waals surface area contributed by atoms with Gasteiger partial charge in [-0.05, 0) is 27.0 Å². The smallest absolute Gasteiger partial charge is 0.131 e. The van der Waals surface area contributed by atoms with Gasteiger partial charge in [0.2, 0.25) is 0 Å². The molecular weight excluding hydrogens is 271 g/mol. The molecule has 0 radical (unpaired) electrons. The zero-order valence-electron chi connectivity index (χ0n) is 13.2. The predicted molar refractivity (Wildman–Crippen MR) is 81.2 cm³/mol. The number of likely N-dealkylation sites (N-methyl/N-ethyl adjacent to an activating group) is 1. The minimum absolute atomic E-state index is 0.0611. The van der Waals surface area contributed by atoms with Crippen LogP contribution in [0.1, 0.15) is 25.5 Å². The molecule has 1 aromatic rings. The Bertz CT molecular complexity index is 468. The lowest BCUT2D eigenvalue weighted by molar-refractivity contribution is -0.0555. The molecule has 1 heterocycles. The van der Waals surface area contributed by atoms with Crippen LogP contribution in [0.5, 0.6) is 5.75 Å². The second-order valence-electron chi connectivity index (χ2n) is 5.65. The van der Waals surface area contributed by atoms with E-state index in [1.807, 2.05) is 7.05 Å². The first kappa shape index (κ1) is 16.2. The molecule has 1 N–H and O–H groups in total. The van der Waals surface area contributed by atoms with Crippen molar-refractivity contribution in [2.24, 2.45) is 0 Å². The van der Waals surface area contributed by atoms with E-state index in [4.69, 9.17) is 9.47 Å². The molecule has 0 spiro atoms. The number of hydrogen-bond acceptors (Lipinski definition) is 4. The first-order chi connectivity index (χ1) is 10.1. The molecule has 1 saturated heterocycles. The van der Waals surface area contributed by atoms with E-state index < -0.39 is 0 Å². The maximum absolute atomic E-state index is 14.3. The third-order valence-corrected chi connectivity index (χ3v) is 4.08. The zero-order chi connectivity index (χ0) is 15.4. The molecule has 0 saturated carbocycles. The summed E-state index contributed by atoms with van der Waals surface area (Å²) in [5, 5.41) is 3.19. The monoisotopic (exact) mass is 296 g/mol. The summed E-state index contributed by atoms with van der Waals surface area (Å²) >= 11 is 0. The molecule has 2 unspecified atom stereocenters. The average Bonchev–Trinajstić information content (AvgIpc) is 2.49. The van der Waals surface area contributed by atoms with Crippen molar-refractivity contribution in [1.29, 1.82) is 0 Å². The lowest BCUT2D eigenvalue weighted by Crippen LogP contribution is -2.50. The highest BCUT2D eigenvalue weighted by Crippen LogP contribution is 2.27. The number of rotatable bonds is 5. The van der Waals surface area contributed by atoms with Crippen molar-refractivity contribution in [3.8, 4) is 5.75 Å². The summed E-state index contributed by atoms with van der Waals surface area (Å²) in [6.45, 7) is 6.75. The minimum Gasteiger partial charge on any atom is -0.497 e. The van der Waals surface area contributed by atoms with Gasteiger partial charge in [0.25, 0.3) is 0 Å². The maximum Gasteiger partial charge on any atom is 0.131 e. The van der Waals surface area contributed by atoms with E-state index in [1.165, 1.54) is 13.2 Å². The molecule has 0 aliphatic carbocycles. The Hall–Kier alpha value is -1.17. The third kappa shape index (κ3) is 3.73. The van der Waals surface area contributed by atoms with Gasteiger partial charge in [-0.2, -0.15) is 0 Å². The highest BCUT2D eigenvalue weighted by Gasteiger charge is 2.30. The summed E-state index contributed by atoms with van der Waals surface area (Å²) in [7, 11) is 3.38. The van der Waals surface area contributed by atoms with Crippen LogP contribution in [0, 0.1) is 5.82 Å². The molecule has 2 rings (SSSR count). The first-order valence-corrected chi connectivity index (χ1v) is 7.43. The molecule has 1 aliphatic heterocycles. The fourth-order valence-electron chi connectivity index (χ4n) is 2.80. The number of nitrogens with zero attached hydrogens (tertiary/aromatic N) is 1. The Morgan fingerprint density at radius 2 is 2.19 bits per heavy atom. The van der Waals surface area contributed by atoms with Gasteiger partial charge < -0.3 is 14.8 Å². The van der Waals surface area contributed by atoms with Crippen LogP contribution in [0.4, 0.5) is 4.39 Å². The van der Waals surface area contributed by atoms with Crippen molar-refractivity contribution in [3.63, 3.8) is 0 Å². The standard InChI is InChI=1S/C16H25FN2O2/c1-11(2)19-7-8-21-15(10-19)16(18-3)13-6-5-12(20-4)9-14(13)17/h5-6,9,11,15-16,18H,7-8,10H2,1-4H3. The van der Waals surface area contributed by atoms with Gasteiger partial charge in [-0.25, -0.2) is 4.39 Å². The molecule has 0 amide bonds. The SMILES string of the molecule is CNC(c1ccc(OC)cc1F)C1CN(C(C)C)CCO1. The van der Waals surface area contributed by atoms with Crippen molar-refractivity contribution >= 4 is 0 Å². The topological polar surface area (TPSA) is 33.7 Å². The Balaban J connectivity index is 2.19. The average molecular weight is 296 g/mol. The molecule has 1 aliphatic rings. The molecule has 118 valence electrons. The Morgan fingerprint density at radius 1 is 1.43 bits per heavy atom. The largest absolute Gasteiger partial charge is 0.497 e. The second-order valence-corrected chi connectivity index (χ2v) is 5.65. The van der Waals surface area contributed by atoms with Crippen molar-refractivity contribution in [1.82, 2.24) is 10.2 Å². The van der Waals surface area contributed by atoms with Gasteiger partial charge in [-0.15, -0.1) is 0 Å². The summed E-state index contributed by atoms with van der Waals surface area (Å²) in [4.78, 5) is 2.36. The normalized spacial score (nSPS) is 21.5. The van der Waals surface area contributed by atoms with Crippen molar-refractivity contribution in [3.05, 3.63) is 29.6 Å².